The molecule has 1 fully saturated rings. The van der Waals surface area contributed by atoms with E-state index in [1.807, 2.05) is 24.3 Å². The quantitative estimate of drug-likeness (QED) is 0.604. The first-order valence-electron chi connectivity index (χ1n) is 10.3. The van der Waals surface area contributed by atoms with Crippen molar-refractivity contribution in [1.82, 2.24) is 10.3 Å². The van der Waals surface area contributed by atoms with E-state index in [0.717, 1.165) is 46.4 Å². The van der Waals surface area contributed by atoms with E-state index in [-0.39, 0.29) is 12.1 Å². The van der Waals surface area contributed by atoms with Crippen molar-refractivity contribution in [3.63, 3.8) is 0 Å². The maximum atomic E-state index is 12.4. The Kier molecular flexibility index (Phi) is 5.65. The Balaban J connectivity index is 1.57. The number of hydrogen-bond donors (Lipinski definition) is 2. The summed E-state index contributed by atoms with van der Waals surface area (Å²) < 4.78 is 5.63. The van der Waals surface area contributed by atoms with Gasteiger partial charge in [0, 0.05) is 28.7 Å². The van der Waals surface area contributed by atoms with E-state index >= 15 is 0 Å². The number of pyridine rings is 1. The van der Waals surface area contributed by atoms with Crippen molar-refractivity contribution in [2.45, 2.75) is 45.1 Å². The van der Waals surface area contributed by atoms with Crippen LogP contribution in [0.25, 0.3) is 22.2 Å². The van der Waals surface area contributed by atoms with Crippen molar-refractivity contribution in [3.05, 3.63) is 54.1 Å². The monoisotopic (exact) mass is 389 g/mol. The van der Waals surface area contributed by atoms with Crippen molar-refractivity contribution in [2.75, 3.05) is 12.4 Å². The van der Waals surface area contributed by atoms with E-state index in [9.17, 15) is 4.79 Å². The van der Waals surface area contributed by atoms with Crippen LogP contribution in [0.5, 0.6) is 5.75 Å². The van der Waals surface area contributed by atoms with Crippen LogP contribution < -0.4 is 15.4 Å². The molecule has 0 saturated heterocycles. The van der Waals surface area contributed by atoms with E-state index in [1.165, 1.54) is 24.8 Å². The first-order chi connectivity index (χ1) is 14.1. The van der Waals surface area contributed by atoms with Gasteiger partial charge in [0.05, 0.1) is 18.3 Å². The molecule has 2 amide bonds. The summed E-state index contributed by atoms with van der Waals surface area (Å²) in [6.07, 6.45) is 5.76. The molecule has 1 aliphatic rings. The minimum atomic E-state index is -0.153. The third-order valence-corrected chi connectivity index (χ3v) is 5.54. The first-order valence-corrected chi connectivity index (χ1v) is 10.3. The fraction of sp³-hybridized carbons (Fsp3) is 0.333. The van der Waals surface area contributed by atoms with Crippen LogP contribution in [0.2, 0.25) is 0 Å². The summed E-state index contributed by atoms with van der Waals surface area (Å²) in [5.41, 5.74) is 4.69. The van der Waals surface area contributed by atoms with Gasteiger partial charge in [-0.3, -0.25) is 0 Å². The first kappa shape index (κ1) is 19.2. The van der Waals surface area contributed by atoms with E-state index in [2.05, 4.69) is 41.8 Å². The fourth-order valence-electron chi connectivity index (χ4n) is 3.91. The lowest BCUT2D eigenvalue weighted by Gasteiger charge is -2.22. The van der Waals surface area contributed by atoms with E-state index in [4.69, 9.17) is 9.72 Å². The summed E-state index contributed by atoms with van der Waals surface area (Å²) in [6.45, 7) is 2.07. The lowest BCUT2D eigenvalue weighted by atomic mass is 9.96. The van der Waals surface area contributed by atoms with Crippen molar-refractivity contribution < 1.29 is 9.53 Å². The molecule has 0 radical (unpaired) electrons. The summed E-state index contributed by atoms with van der Waals surface area (Å²) in [6, 6.07) is 16.1. The molecule has 2 N–H and O–H groups in total. The highest BCUT2D eigenvalue weighted by Gasteiger charge is 2.16. The van der Waals surface area contributed by atoms with E-state index in [0.29, 0.717) is 0 Å². The molecule has 0 aliphatic heterocycles. The van der Waals surface area contributed by atoms with Gasteiger partial charge >= 0.3 is 6.03 Å². The van der Waals surface area contributed by atoms with Crippen molar-refractivity contribution in [3.8, 4) is 17.0 Å². The zero-order valence-electron chi connectivity index (χ0n) is 17.0. The number of amides is 2. The van der Waals surface area contributed by atoms with Crippen molar-refractivity contribution in [2.24, 2.45) is 0 Å². The predicted octanol–water partition coefficient (Wildman–Crippen LogP) is 5.67. The number of nitrogens with one attached hydrogen (secondary N) is 2. The SMILES string of the molecule is COc1cc(-c2ccc(C)cc2)nc2ccc(NC(=O)NC3CCCCC3)cc12. The lowest BCUT2D eigenvalue weighted by Crippen LogP contribution is -2.38. The third kappa shape index (κ3) is 4.50. The molecule has 0 unspecified atom stereocenters. The summed E-state index contributed by atoms with van der Waals surface area (Å²) in [4.78, 5) is 17.2. The van der Waals surface area contributed by atoms with Crippen LogP contribution in [0, 0.1) is 6.92 Å². The number of aromatic nitrogens is 1. The number of ether oxygens (including phenoxy) is 1. The van der Waals surface area contributed by atoms with E-state index < -0.39 is 0 Å². The zero-order chi connectivity index (χ0) is 20.2. The summed E-state index contributed by atoms with van der Waals surface area (Å²) >= 11 is 0. The van der Waals surface area contributed by atoms with Crippen LogP contribution in [0.15, 0.2) is 48.5 Å². The third-order valence-electron chi connectivity index (χ3n) is 5.54. The molecule has 1 aliphatic carbocycles. The Morgan fingerprint density at radius 1 is 1.03 bits per heavy atom. The predicted molar refractivity (Wildman–Crippen MR) is 117 cm³/mol. The minimum Gasteiger partial charge on any atom is -0.496 e. The van der Waals surface area contributed by atoms with Crippen molar-refractivity contribution in [1.29, 1.82) is 0 Å². The second-order valence-corrected chi connectivity index (χ2v) is 7.74. The zero-order valence-corrected chi connectivity index (χ0v) is 17.0. The lowest BCUT2D eigenvalue weighted by molar-refractivity contribution is 0.244. The largest absolute Gasteiger partial charge is 0.496 e. The standard InChI is InChI=1S/C24H27N3O2/c1-16-8-10-17(11-9-16)22-15-23(29-2)20-14-19(12-13-21(20)27-22)26-24(28)25-18-6-4-3-5-7-18/h8-15,18H,3-7H2,1-2H3,(H2,25,26,28). The Hall–Kier alpha value is -3.08. The molecule has 0 bridgehead atoms. The number of aryl methyl sites for hydroxylation is 1. The van der Waals surface area contributed by atoms with Gasteiger partial charge in [-0.15, -0.1) is 0 Å². The van der Waals surface area contributed by atoms with Crippen LogP contribution in [0.3, 0.4) is 0 Å². The van der Waals surface area contributed by atoms with Crippen LogP contribution in [-0.4, -0.2) is 24.2 Å². The molecule has 1 aromatic heterocycles. The Bertz CT molecular complexity index is 1010. The molecular weight excluding hydrogens is 362 g/mol. The minimum absolute atomic E-state index is 0.153. The summed E-state index contributed by atoms with van der Waals surface area (Å²) in [5.74, 6) is 0.738. The maximum absolute atomic E-state index is 12.4. The van der Waals surface area contributed by atoms with Crippen LogP contribution >= 0.6 is 0 Å². The Labute approximate surface area is 171 Å². The number of anilines is 1. The number of hydrogen-bond acceptors (Lipinski definition) is 3. The molecule has 29 heavy (non-hydrogen) atoms. The average Bonchev–Trinajstić information content (AvgIpc) is 2.74. The number of urea groups is 1. The van der Waals surface area contributed by atoms with Crippen LogP contribution in [0.1, 0.15) is 37.7 Å². The molecule has 2 aromatic carbocycles. The number of carbonyl (C=O) groups excluding carboxylic acids is 1. The van der Waals surface area contributed by atoms with Gasteiger partial charge in [-0.1, -0.05) is 49.1 Å². The van der Waals surface area contributed by atoms with Gasteiger partial charge in [0.2, 0.25) is 0 Å². The second kappa shape index (κ2) is 8.52. The molecule has 150 valence electrons. The molecule has 5 heteroatoms. The van der Waals surface area contributed by atoms with Gasteiger partial charge in [-0.2, -0.15) is 0 Å². The van der Waals surface area contributed by atoms with Crippen LogP contribution in [0.4, 0.5) is 10.5 Å². The Morgan fingerprint density at radius 3 is 2.52 bits per heavy atom. The maximum Gasteiger partial charge on any atom is 0.319 e. The smallest absolute Gasteiger partial charge is 0.319 e. The van der Waals surface area contributed by atoms with Crippen molar-refractivity contribution >= 4 is 22.6 Å². The number of nitrogens with zero attached hydrogens (tertiary/aromatic N) is 1. The molecule has 0 atom stereocenters. The van der Waals surface area contributed by atoms with Gasteiger partial charge in [0.15, 0.2) is 0 Å². The molecule has 0 spiro atoms. The number of benzene rings is 2. The molecule has 4 rings (SSSR count). The highest BCUT2D eigenvalue weighted by atomic mass is 16.5. The van der Waals surface area contributed by atoms with Gasteiger partial charge < -0.3 is 15.4 Å². The highest BCUT2D eigenvalue weighted by Crippen LogP contribution is 2.32. The number of fused-ring (bicyclic) bond motifs is 1. The van der Waals surface area contributed by atoms with E-state index in [1.54, 1.807) is 7.11 Å². The number of rotatable bonds is 4. The van der Waals surface area contributed by atoms with Crippen LogP contribution in [-0.2, 0) is 0 Å². The molecule has 1 saturated carbocycles. The molecule has 5 nitrogen and oxygen atoms in total. The topological polar surface area (TPSA) is 63.2 Å². The molecule has 1 heterocycles. The number of carbonyl (C=O) groups is 1. The summed E-state index contributed by atoms with van der Waals surface area (Å²) in [5, 5.41) is 6.91. The Morgan fingerprint density at radius 2 is 1.79 bits per heavy atom. The second-order valence-electron chi connectivity index (χ2n) is 7.74. The summed E-state index contributed by atoms with van der Waals surface area (Å²) in [7, 11) is 1.66. The van der Waals surface area contributed by atoms with Gasteiger partial charge in [-0.05, 0) is 38.0 Å². The normalized spacial score (nSPS) is 14.6. The van der Waals surface area contributed by atoms with Gasteiger partial charge in [0.25, 0.3) is 0 Å². The molecule has 3 aromatic rings. The number of methoxy groups -OCH3 is 1. The van der Waals surface area contributed by atoms with Gasteiger partial charge in [0.1, 0.15) is 5.75 Å². The molecular formula is C24H27N3O2. The van der Waals surface area contributed by atoms with Gasteiger partial charge in [-0.25, -0.2) is 9.78 Å². The fourth-order valence-corrected chi connectivity index (χ4v) is 3.91. The highest BCUT2D eigenvalue weighted by molar-refractivity contribution is 5.95. The average molecular weight is 389 g/mol.